The van der Waals surface area contributed by atoms with E-state index in [2.05, 4.69) is 0 Å². The molecule has 5 nitrogen and oxygen atoms in total. The third-order valence-corrected chi connectivity index (χ3v) is 2.94. The van der Waals surface area contributed by atoms with E-state index in [1.54, 1.807) is 20.0 Å². The summed E-state index contributed by atoms with van der Waals surface area (Å²) in [6.07, 6.45) is 0. The van der Waals surface area contributed by atoms with Crippen molar-refractivity contribution in [1.29, 1.82) is 0 Å². The molecule has 5 heteroatoms. The summed E-state index contributed by atoms with van der Waals surface area (Å²) in [4.78, 5) is 27.0. The molecule has 0 radical (unpaired) electrons. The van der Waals surface area contributed by atoms with Crippen molar-refractivity contribution in [2.75, 3.05) is 39.2 Å². The van der Waals surface area contributed by atoms with E-state index in [0.717, 1.165) is 11.3 Å². The second kappa shape index (κ2) is 6.93. The number of benzene rings is 1. The summed E-state index contributed by atoms with van der Waals surface area (Å²) in [5, 5.41) is 0. The molecule has 1 rings (SSSR count). The van der Waals surface area contributed by atoms with E-state index >= 15 is 0 Å². The predicted octanol–water partition coefficient (Wildman–Crippen LogP) is 1.70. The molecule has 0 aromatic heterocycles. The van der Waals surface area contributed by atoms with Gasteiger partial charge in [0.25, 0.3) is 5.91 Å². The van der Waals surface area contributed by atoms with Crippen LogP contribution in [0.1, 0.15) is 22.8 Å². The first-order valence-corrected chi connectivity index (χ1v) is 6.55. The molecular weight excluding hydrogens is 256 g/mol. The van der Waals surface area contributed by atoms with E-state index in [1.165, 1.54) is 4.90 Å². The standard InChI is InChI=1S/C15H22N2O3/c1-6-20-14(18)10-17(5)15(19)12-7-8-13(16(3)4)11(2)9-12/h7-9H,6,10H2,1-5H3. The van der Waals surface area contributed by atoms with Gasteiger partial charge in [-0.05, 0) is 37.6 Å². The van der Waals surface area contributed by atoms with E-state index in [9.17, 15) is 9.59 Å². The van der Waals surface area contributed by atoms with Crippen molar-refractivity contribution >= 4 is 17.6 Å². The van der Waals surface area contributed by atoms with Crippen molar-refractivity contribution in [3.8, 4) is 0 Å². The van der Waals surface area contributed by atoms with Crippen LogP contribution >= 0.6 is 0 Å². The molecule has 0 aliphatic rings. The van der Waals surface area contributed by atoms with Crippen LogP contribution in [0.5, 0.6) is 0 Å². The highest BCUT2D eigenvalue weighted by Crippen LogP contribution is 2.19. The summed E-state index contributed by atoms with van der Waals surface area (Å²) < 4.78 is 4.83. The zero-order chi connectivity index (χ0) is 15.3. The van der Waals surface area contributed by atoms with E-state index in [-0.39, 0.29) is 12.5 Å². The van der Waals surface area contributed by atoms with Gasteiger partial charge >= 0.3 is 5.97 Å². The van der Waals surface area contributed by atoms with Crippen molar-refractivity contribution < 1.29 is 14.3 Å². The number of rotatable bonds is 5. The Morgan fingerprint density at radius 3 is 2.35 bits per heavy atom. The Morgan fingerprint density at radius 1 is 1.20 bits per heavy atom. The minimum Gasteiger partial charge on any atom is -0.465 e. The molecular formula is C15H22N2O3. The Balaban J connectivity index is 2.82. The van der Waals surface area contributed by atoms with Crippen molar-refractivity contribution in [2.24, 2.45) is 0 Å². The number of hydrogen-bond donors (Lipinski definition) is 0. The molecule has 0 aliphatic carbocycles. The fourth-order valence-electron chi connectivity index (χ4n) is 1.98. The first-order valence-electron chi connectivity index (χ1n) is 6.55. The maximum atomic E-state index is 12.2. The normalized spacial score (nSPS) is 10.1. The Labute approximate surface area is 120 Å². The number of esters is 1. The minimum atomic E-state index is -0.398. The molecule has 0 N–H and O–H groups in total. The first-order chi connectivity index (χ1) is 9.36. The van der Waals surface area contributed by atoms with Gasteiger partial charge in [-0.3, -0.25) is 9.59 Å². The second-order valence-corrected chi connectivity index (χ2v) is 4.86. The molecule has 0 saturated carbocycles. The number of nitrogens with zero attached hydrogens (tertiary/aromatic N) is 2. The van der Waals surface area contributed by atoms with Crippen molar-refractivity contribution in [2.45, 2.75) is 13.8 Å². The maximum Gasteiger partial charge on any atom is 0.325 e. The van der Waals surface area contributed by atoms with Gasteiger partial charge in [0.15, 0.2) is 0 Å². The summed E-state index contributed by atoms with van der Waals surface area (Å²) in [5.41, 5.74) is 2.65. The molecule has 0 aliphatic heterocycles. The topological polar surface area (TPSA) is 49.9 Å². The predicted molar refractivity (Wildman–Crippen MR) is 79.1 cm³/mol. The van der Waals surface area contributed by atoms with E-state index < -0.39 is 5.97 Å². The van der Waals surface area contributed by atoms with Gasteiger partial charge in [0.2, 0.25) is 0 Å². The van der Waals surface area contributed by atoms with Crippen LogP contribution in [-0.2, 0) is 9.53 Å². The highest BCUT2D eigenvalue weighted by atomic mass is 16.5. The number of hydrogen-bond acceptors (Lipinski definition) is 4. The largest absolute Gasteiger partial charge is 0.465 e. The Bertz CT molecular complexity index is 498. The Hall–Kier alpha value is -2.04. The number of anilines is 1. The van der Waals surface area contributed by atoms with Crippen LogP contribution in [0.3, 0.4) is 0 Å². The number of aryl methyl sites for hydroxylation is 1. The Morgan fingerprint density at radius 2 is 1.85 bits per heavy atom. The summed E-state index contributed by atoms with van der Waals surface area (Å²) >= 11 is 0. The van der Waals surface area contributed by atoms with Gasteiger partial charge in [0.1, 0.15) is 6.54 Å². The molecule has 1 aromatic rings. The van der Waals surface area contributed by atoms with Gasteiger partial charge in [0, 0.05) is 32.4 Å². The lowest BCUT2D eigenvalue weighted by Gasteiger charge is -2.19. The molecule has 1 aromatic carbocycles. The lowest BCUT2D eigenvalue weighted by molar-refractivity contribution is -0.143. The smallest absolute Gasteiger partial charge is 0.325 e. The molecule has 0 saturated heterocycles. The van der Waals surface area contributed by atoms with E-state index in [0.29, 0.717) is 12.2 Å². The molecule has 1 amide bonds. The average Bonchev–Trinajstić information content (AvgIpc) is 2.37. The first kappa shape index (κ1) is 16.0. The SMILES string of the molecule is CCOC(=O)CN(C)C(=O)c1ccc(N(C)C)c(C)c1. The average molecular weight is 278 g/mol. The fraction of sp³-hybridized carbons (Fsp3) is 0.467. The van der Waals surface area contributed by atoms with Crippen molar-refractivity contribution in [1.82, 2.24) is 4.90 Å². The quantitative estimate of drug-likeness (QED) is 0.769. The molecule has 110 valence electrons. The van der Waals surface area contributed by atoms with Gasteiger partial charge in [-0.25, -0.2) is 0 Å². The summed E-state index contributed by atoms with van der Waals surface area (Å²) in [7, 11) is 5.50. The fourth-order valence-corrected chi connectivity index (χ4v) is 1.98. The lowest BCUT2D eigenvalue weighted by Crippen LogP contribution is -2.33. The molecule has 0 spiro atoms. The minimum absolute atomic E-state index is 0.0405. The van der Waals surface area contributed by atoms with Gasteiger partial charge in [-0.2, -0.15) is 0 Å². The van der Waals surface area contributed by atoms with Gasteiger partial charge in [-0.15, -0.1) is 0 Å². The monoisotopic (exact) mass is 278 g/mol. The third kappa shape index (κ3) is 3.98. The third-order valence-electron chi connectivity index (χ3n) is 2.94. The van der Waals surface area contributed by atoms with Crippen LogP contribution in [0, 0.1) is 6.92 Å². The van der Waals surface area contributed by atoms with Crippen LogP contribution in [0.2, 0.25) is 0 Å². The van der Waals surface area contributed by atoms with Crippen LogP contribution in [0.4, 0.5) is 5.69 Å². The number of likely N-dealkylation sites (N-methyl/N-ethyl adjacent to an activating group) is 1. The summed E-state index contributed by atoms with van der Waals surface area (Å²) in [5.74, 6) is -0.587. The van der Waals surface area contributed by atoms with Crippen LogP contribution in [0.15, 0.2) is 18.2 Å². The second-order valence-electron chi connectivity index (χ2n) is 4.86. The van der Waals surface area contributed by atoms with E-state index in [4.69, 9.17) is 4.74 Å². The zero-order valence-corrected chi connectivity index (χ0v) is 12.8. The number of carbonyl (C=O) groups excluding carboxylic acids is 2. The van der Waals surface area contributed by atoms with Crippen molar-refractivity contribution in [3.05, 3.63) is 29.3 Å². The lowest BCUT2D eigenvalue weighted by atomic mass is 10.1. The van der Waals surface area contributed by atoms with Gasteiger partial charge in [0.05, 0.1) is 6.61 Å². The number of carbonyl (C=O) groups is 2. The van der Waals surface area contributed by atoms with Crippen LogP contribution < -0.4 is 4.90 Å². The molecule has 0 heterocycles. The maximum absolute atomic E-state index is 12.2. The summed E-state index contributed by atoms with van der Waals surface area (Å²) in [6.45, 7) is 3.97. The highest BCUT2D eigenvalue weighted by molar-refractivity contribution is 5.96. The summed E-state index contributed by atoms with van der Waals surface area (Å²) in [6, 6.07) is 5.51. The van der Waals surface area contributed by atoms with Gasteiger partial charge < -0.3 is 14.5 Å². The molecule has 0 bridgehead atoms. The number of ether oxygens (including phenoxy) is 1. The van der Waals surface area contributed by atoms with E-state index in [1.807, 2.05) is 38.1 Å². The zero-order valence-electron chi connectivity index (χ0n) is 12.8. The Kier molecular flexibility index (Phi) is 5.55. The van der Waals surface area contributed by atoms with Crippen molar-refractivity contribution in [3.63, 3.8) is 0 Å². The highest BCUT2D eigenvalue weighted by Gasteiger charge is 2.16. The van der Waals surface area contributed by atoms with Crippen LogP contribution in [0.25, 0.3) is 0 Å². The molecule has 20 heavy (non-hydrogen) atoms. The van der Waals surface area contributed by atoms with Crippen LogP contribution in [-0.4, -0.2) is 51.1 Å². The molecule has 0 atom stereocenters. The molecule has 0 fully saturated rings. The van der Waals surface area contributed by atoms with Gasteiger partial charge in [-0.1, -0.05) is 0 Å². The number of amides is 1. The molecule has 0 unspecified atom stereocenters.